The van der Waals surface area contributed by atoms with Crippen molar-refractivity contribution in [1.29, 1.82) is 0 Å². The van der Waals surface area contributed by atoms with E-state index in [-0.39, 0.29) is 5.82 Å². The summed E-state index contributed by atoms with van der Waals surface area (Å²) in [5.74, 6) is 2.53. The number of halogens is 1. The molecule has 1 fully saturated rings. The van der Waals surface area contributed by atoms with Crippen molar-refractivity contribution < 1.29 is 13.9 Å². The van der Waals surface area contributed by atoms with Crippen LogP contribution in [0.25, 0.3) is 0 Å². The lowest BCUT2D eigenvalue weighted by molar-refractivity contribution is 0.148. The summed E-state index contributed by atoms with van der Waals surface area (Å²) in [6, 6.07) is 8.45. The molecule has 20 heavy (non-hydrogen) atoms. The Bertz CT molecular complexity index is 617. The van der Waals surface area contributed by atoms with E-state index in [1.807, 2.05) is 19.1 Å². The lowest BCUT2D eigenvalue weighted by atomic mass is 10.0. The number of aliphatic hydroxyl groups excluding tert-OH is 1. The molecule has 0 radical (unpaired) electrons. The highest BCUT2D eigenvalue weighted by Crippen LogP contribution is 2.47. The van der Waals surface area contributed by atoms with Gasteiger partial charge in [-0.15, -0.1) is 0 Å². The minimum Gasteiger partial charge on any atom is -0.463 e. The van der Waals surface area contributed by atoms with Crippen LogP contribution in [0.15, 0.2) is 34.7 Å². The Morgan fingerprint density at radius 1 is 1.35 bits per heavy atom. The molecule has 2 nitrogen and oxygen atoms in total. The second-order valence-corrected chi connectivity index (χ2v) is 5.85. The summed E-state index contributed by atoms with van der Waals surface area (Å²) in [5.41, 5.74) is 1.79. The summed E-state index contributed by atoms with van der Waals surface area (Å²) in [6.45, 7) is 4.05. The van der Waals surface area contributed by atoms with Gasteiger partial charge in [0, 0.05) is 12.3 Å². The topological polar surface area (TPSA) is 33.4 Å². The summed E-state index contributed by atoms with van der Waals surface area (Å²) < 4.78 is 18.8. The van der Waals surface area contributed by atoms with Crippen LogP contribution in [0.1, 0.15) is 48.0 Å². The van der Waals surface area contributed by atoms with Crippen molar-refractivity contribution >= 4 is 0 Å². The van der Waals surface area contributed by atoms with Gasteiger partial charge in [-0.25, -0.2) is 4.39 Å². The van der Waals surface area contributed by atoms with Gasteiger partial charge in [-0.1, -0.05) is 13.0 Å². The maximum absolute atomic E-state index is 13.1. The molecule has 0 spiro atoms. The van der Waals surface area contributed by atoms with Gasteiger partial charge in [0.1, 0.15) is 23.4 Å². The van der Waals surface area contributed by atoms with Crippen molar-refractivity contribution in [1.82, 2.24) is 0 Å². The first-order chi connectivity index (χ1) is 9.54. The smallest absolute Gasteiger partial charge is 0.133 e. The van der Waals surface area contributed by atoms with Gasteiger partial charge in [-0.05, 0) is 54.7 Å². The Morgan fingerprint density at radius 2 is 2.10 bits per heavy atom. The Balaban J connectivity index is 1.72. The molecule has 1 N–H and O–H groups in total. The molecule has 2 aromatic rings. The number of hydrogen-bond acceptors (Lipinski definition) is 2. The maximum Gasteiger partial charge on any atom is 0.133 e. The number of furan rings is 1. The highest BCUT2D eigenvalue weighted by Gasteiger charge is 2.36. The normalized spacial score (nSPS) is 22.8. The SMILES string of the molecule is Cc1cc(F)ccc1CC(O)c1ccc(C2CC2C)o1. The zero-order valence-corrected chi connectivity index (χ0v) is 11.8. The Kier molecular flexibility index (Phi) is 3.38. The average Bonchev–Trinajstić information content (AvgIpc) is 2.94. The molecule has 0 aliphatic heterocycles. The highest BCUT2D eigenvalue weighted by atomic mass is 19.1. The summed E-state index contributed by atoms with van der Waals surface area (Å²) >= 11 is 0. The molecular weight excluding hydrogens is 255 g/mol. The number of benzene rings is 1. The zero-order chi connectivity index (χ0) is 14.3. The monoisotopic (exact) mass is 274 g/mol. The van der Waals surface area contributed by atoms with E-state index in [2.05, 4.69) is 6.92 Å². The van der Waals surface area contributed by atoms with Gasteiger partial charge in [-0.2, -0.15) is 0 Å². The molecule has 1 saturated carbocycles. The molecular formula is C17H19FO2. The first kappa shape index (κ1) is 13.4. The molecule has 1 aromatic heterocycles. The van der Waals surface area contributed by atoms with Gasteiger partial charge < -0.3 is 9.52 Å². The van der Waals surface area contributed by atoms with Gasteiger partial charge in [0.2, 0.25) is 0 Å². The van der Waals surface area contributed by atoms with Gasteiger partial charge in [-0.3, -0.25) is 0 Å². The summed E-state index contributed by atoms with van der Waals surface area (Å²) in [6.07, 6.45) is 0.932. The standard InChI is InChI=1S/C17H19FO2/c1-10-7-13(18)4-3-12(10)9-15(19)17-6-5-16(20-17)14-8-11(14)2/h3-7,11,14-15,19H,8-9H2,1-2H3. The van der Waals surface area contributed by atoms with Gasteiger partial charge in [0.25, 0.3) is 0 Å². The first-order valence-electron chi connectivity index (χ1n) is 7.07. The van der Waals surface area contributed by atoms with Crippen LogP contribution in [-0.2, 0) is 6.42 Å². The molecule has 3 rings (SSSR count). The van der Waals surface area contributed by atoms with Gasteiger partial charge in [0.05, 0.1) is 0 Å². The van der Waals surface area contributed by atoms with E-state index in [4.69, 9.17) is 4.42 Å². The molecule has 0 saturated heterocycles. The molecule has 3 unspecified atom stereocenters. The van der Waals surface area contributed by atoms with E-state index in [9.17, 15) is 9.50 Å². The van der Waals surface area contributed by atoms with Gasteiger partial charge >= 0.3 is 0 Å². The summed E-state index contributed by atoms with van der Waals surface area (Å²) in [5, 5.41) is 10.3. The third kappa shape index (κ3) is 2.63. The third-order valence-electron chi connectivity index (χ3n) is 4.17. The Morgan fingerprint density at radius 3 is 2.75 bits per heavy atom. The molecule has 1 heterocycles. The molecule has 3 heteroatoms. The molecule has 106 valence electrons. The van der Waals surface area contributed by atoms with Crippen LogP contribution in [0.2, 0.25) is 0 Å². The van der Waals surface area contributed by atoms with Crippen molar-refractivity contribution in [3.63, 3.8) is 0 Å². The van der Waals surface area contributed by atoms with Crippen LogP contribution in [-0.4, -0.2) is 5.11 Å². The lowest BCUT2D eigenvalue weighted by Gasteiger charge is -2.10. The molecule has 0 amide bonds. The molecule has 1 aliphatic rings. The van der Waals surface area contributed by atoms with Crippen LogP contribution in [0.3, 0.4) is 0 Å². The second-order valence-electron chi connectivity index (χ2n) is 5.85. The van der Waals surface area contributed by atoms with E-state index >= 15 is 0 Å². The number of hydrogen-bond donors (Lipinski definition) is 1. The summed E-state index contributed by atoms with van der Waals surface area (Å²) in [4.78, 5) is 0. The van der Waals surface area contributed by atoms with Crippen LogP contribution in [0, 0.1) is 18.7 Å². The van der Waals surface area contributed by atoms with E-state index < -0.39 is 6.10 Å². The van der Waals surface area contributed by atoms with Crippen molar-refractivity contribution in [2.45, 2.75) is 38.7 Å². The minimum absolute atomic E-state index is 0.247. The first-order valence-corrected chi connectivity index (χ1v) is 7.07. The zero-order valence-electron chi connectivity index (χ0n) is 11.8. The highest BCUT2D eigenvalue weighted by molar-refractivity contribution is 5.28. The van der Waals surface area contributed by atoms with E-state index in [1.54, 1.807) is 6.07 Å². The molecule has 1 aliphatic carbocycles. The van der Waals surface area contributed by atoms with E-state index in [0.29, 0.717) is 24.0 Å². The Hall–Kier alpha value is -1.61. The minimum atomic E-state index is -0.679. The fraction of sp³-hybridized carbons (Fsp3) is 0.412. The predicted molar refractivity (Wildman–Crippen MR) is 75.0 cm³/mol. The Labute approximate surface area is 118 Å². The largest absolute Gasteiger partial charge is 0.463 e. The van der Waals surface area contributed by atoms with Crippen molar-refractivity contribution in [2.24, 2.45) is 5.92 Å². The van der Waals surface area contributed by atoms with Crippen LogP contribution < -0.4 is 0 Å². The maximum atomic E-state index is 13.1. The number of aryl methyl sites for hydroxylation is 1. The van der Waals surface area contributed by atoms with E-state index in [0.717, 1.165) is 16.9 Å². The number of rotatable bonds is 4. The lowest BCUT2D eigenvalue weighted by Crippen LogP contribution is -2.02. The third-order valence-corrected chi connectivity index (χ3v) is 4.17. The predicted octanol–water partition coefficient (Wildman–Crippen LogP) is 4.13. The van der Waals surface area contributed by atoms with Gasteiger partial charge in [0.15, 0.2) is 0 Å². The van der Waals surface area contributed by atoms with Crippen molar-refractivity contribution in [3.05, 3.63) is 58.8 Å². The van der Waals surface area contributed by atoms with Crippen LogP contribution >= 0.6 is 0 Å². The fourth-order valence-electron chi connectivity index (χ4n) is 2.66. The van der Waals surface area contributed by atoms with Crippen molar-refractivity contribution in [2.75, 3.05) is 0 Å². The van der Waals surface area contributed by atoms with E-state index in [1.165, 1.54) is 18.6 Å². The molecule has 1 aromatic carbocycles. The van der Waals surface area contributed by atoms with Crippen molar-refractivity contribution in [3.8, 4) is 0 Å². The summed E-state index contributed by atoms with van der Waals surface area (Å²) in [7, 11) is 0. The average molecular weight is 274 g/mol. The molecule has 0 bridgehead atoms. The molecule has 3 atom stereocenters. The van der Waals surface area contributed by atoms with Crippen LogP contribution in [0.5, 0.6) is 0 Å². The van der Waals surface area contributed by atoms with Crippen LogP contribution in [0.4, 0.5) is 4.39 Å². The quantitative estimate of drug-likeness (QED) is 0.909. The fourth-order valence-corrected chi connectivity index (χ4v) is 2.66. The number of aliphatic hydroxyl groups is 1. The second kappa shape index (κ2) is 5.06.